The highest BCUT2D eigenvalue weighted by Crippen LogP contribution is 2.37. The summed E-state index contributed by atoms with van der Waals surface area (Å²) in [5, 5.41) is 14.2. The second kappa shape index (κ2) is 6.99. The van der Waals surface area contributed by atoms with Gasteiger partial charge in [-0.05, 0) is 19.9 Å². The number of nitrogen functional groups attached to an aromatic ring is 1. The molecule has 31 heavy (non-hydrogen) atoms. The maximum atomic E-state index is 9.64. The molecule has 0 saturated heterocycles. The Balaban J connectivity index is 1.83. The van der Waals surface area contributed by atoms with Crippen molar-refractivity contribution in [3.8, 4) is 34.3 Å². The average molecular weight is 411 g/mol. The summed E-state index contributed by atoms with van der Waals surface area (Å²) in [6.45, 7) is 4.57. The van der Waals surface area contributed by atoms with Crippen LogP contribution in [0.3, 0.4) is 0 Å². The van der Waals surface area contributed by atoms with Crippen LogP contribution in [0, 0.1) is 18.3 Å². The lowest BCUT2D eigenvalue weighted by molar-refractivity contribution is 0.228. The first-order chi connectivity index (χ1) is 15.0. The number of ether oxygens (including phenoxy) is 1. The average Bonchev–Trinajstić information content (AvgIpc) is 3.32. The van der Waals surface area contributed by atoms with E-state index in [1.807, 2.05) is 35.5 Å². The third kappa shape index (κ3) is 3.02. The number of hydrogen-bond acceptors (Lipinski definition) is 6. The lowest BCUT2D eigenvalue weighted by Gasteiger charge is -2.22. The molecule has 0 aliphatic carbocycles. The minimum absolute atomic E-state index is 0.281. The van der Waals surface area contributed by atoms with E-state index in [2.05, 4.69) is 46.3 Å². The number of aromatic nitrogens is 5. The Morgan fingerprint density at radius 1 is 1.19 bits per heavy atom. The molecule has 2 bridgehead atoms. The molecule has 0 spiro atoms. The largest absolute Gasteiger partial charge is 0.482 e. The number of nitriles is 1. The summed E-state index contributed by atoms with van der Waals surface area (Å²) in [5.41, 5.74) is 13.1. The quantitative estimate of drug-likeness (QED) is 0.474. The van der Waals surface area contributed by atoms with Gasteiger partial charge < -0.3 is 15.0 Å². The highest BCUT2D eigenvalue weighted by atomic mass is 16.5. The number of imidazole rings is 1. The van der Waals surface area contributed by atoms with E-state index in [0.717, 1.165) is 33.5 Å². The molecule has 5 rings (SSSR count). The van der Waals surface area contributed by atoms with Crippen LogP contribution in [0.1, 0.15) is 35.4 Å². The van der Waals surface area contributed by atoms with Crippen molar-refractivity contribution in [2.24, 2.45) is 7.05 Å². The van der Waals surface area contributed by atoms with Crippen LogP contribution in [-0.4, -0.2) is 24.3 Å². The second-order valence-electron chi connectivity index (χ2n) is 7.78. The minimum atomic E-state index is -0.281. The molecule has 0 radical (unpaired) electrons. The molecule has 4 heterocycles. The van der Waals surface area contributed by atoms with Crippen molar-refractivity contribution < 1.29 is 4.74 Å². The molecule has 8 heteroatoms. The molecular formula is C23H21N7O. The molecule has 8 nitrogen and oxygen atoms in total. The fourth-order valence-corrected chi connectivity index (χ4v) is 4.18. The van der Waals surface area contributed by atoms with E-state index in [4.69, 9.17) is 10.5 Å². The summed E-state index contributed by atoms with van der Waals surface area (Å²) >= 11 is 0. The van der Waals surface area contributed by atoms with E-state index in [1.165, 1.54) is 0 Å². The van der Waals surface area contributed by atoms with E-state index in [-0.39, 0.29) is 6.10 Å². The molecule has 3 aromatic heterocycles. The van der Waals surface area contributed by atoms with Gasteiger partial charge in [-0.25, -0.2) is 9.97 Å². The van der Waals surface area contributed by atoms with Gasteiger partial charge in [0, 0.05) is 35.5 Å². The minimum Gasteiger partial charge on any atom is -0.482 e. The van der Waals surface area contributed by atoms with E-state index in [0.29, 0.717) is 29.5 Å². The highest BCUT2D eigenvalue weighted by Gasteiger charge is 2.24. The molecule has 154 valence electrons. The fourth-order valence-electron chi connectivity index (χ4n) is 4.18. The zero-order valence-electron chi connectivity index (χ0n) is 17.5. The molecule has 1 aromatic carbocycles. The summed E-state index contributed by atoms with van der Waals surface area (Å²) in [6, 6.07) is 10.3. The zero-order chi connectivity index (χ0) is 21.7. The Labute approximate surface area is 179 Å². The van der Waals surface area contributed by atoms with Crippen LogP contribution in [0.15, 0.2) is 43.0 Å². The third-order valence-electron chi connectivity index (χ3n) is 5.66. The SMILES string of the molecule is Cc1ccc2c(c1)C(C)Oc1cc(cnc1N)-c1c(C#N)ncn1Cc1cnn(C)c1-2. The standard InChI is InChI=1S/C23H21N7O/c1-13-4-5-17-18(6-13)14(2)31-20-7-15(9-26-23(20)25)22-19(8-24)27-12-30(22)11-16-10-28-29(3)21(16)17/h4-7,9-10,12,14H,11H2,1-3H3,(H2,25,26). The van der Waals surface area contributed by atoms with Crippen LogP contribution in [0.2, 0.25) is 0 Å². The Bertz CT molecular complexity index is 1360. The Morgan fingerprint density at radius 3 is 2.84 bits per heavy atom. The van der Waals surface area contributed by atoms with Crippen LogP contribution in [0.5, 0.6) is 5.75 Å². The molecule has 0 fully saturated rings. The molecule has 1 atom stereocenters. The van der Waals surface area contributed by atoms with Crippen molar-refractivity contribution in [2.45, 2.75) is 26.5 Å². The van der Waals surface area contributed by atoms with Crippen LogP contribution in [-0.2, 0) is 13.6 Å². The van der Waals surface area contributed by atoms with Crippen LogP contribution in [0.25, 0.3) is 22.5 Å². The highest BCUT2D eigenvalue weighted by molar-refractivity contribution is 5.71. The van der Waals surface area contributed by atoms with Crippen molar-refractivity contribution in [1.82, 2.24) is 24.3 Å². The lowest BCUT2D eigenvalue weighted by Crippen LogP contribution is -2.11. The molecule has 1 aliphatic heterocycles. The topological polar surface area (TPSA) is 108 Å². The van der Waals surface area contributed by atoms with Gasteiger partial charge in [-0.1, -0.05) is 23.8 Å². The van der Waals surface area contributed by atoms with Gasteiger partial charge in [0.15, 0.2) is 17.3 Å². The van der Waals surface area contributed by atoms with Gasteiger partial charge in [0.25, 0.3) is 0 Å². The van der Waals surface area contributed by atoms with Crippen LogP contribution < -0.4 is 10.5 Å². The third-order valence-corrected chi connectivity index (χ3v) is 5.66. The number of nitrogens with two attached hydrogens (primary N) is 1. The predicted molar refractivity (Wildman–Crippen MR) is 116 cm³/mol. The first-order valence-electron chi connectivity index (χ1n) is 9.96. The van der Waals surface area contributed by atoms with E-state index in [1.54, 1.807) is 12.5 Å². The monoisotopic (exact) mass is 411 g/mol. The second-order valence-corrected chi connectivity index (χ2v) is 7.78. The van der Waals surface area contributed by atoms with Gasteiger partial charge in [-0.15, -0.1) is 0 Å². The molecular weight excluding hydrogens is 390 g/mol. The van der Waals surface area contributed by atoms with Gasteiger partial charge in [-0.3, -0.25) is 4.68 Å². The van der Waals surface area contributed by atoms with Crippen molar-refractivity contribution in [2.75, 3.05) is 5.73 Å². The fraction of sp³-hybridized carbons (Fsp3) is 0.217. The van der Waals surface area contributed by atoms with Crippen molar-refractivity contribution >= 4 is 5.82 Å². The zero-order valence-corrected chi connectivity index (χ0v) is 17.5. The number of aryl methyl sites for hydroxylation is 2. The Kier molecular flexibility index (Phi) is 4.26. The molecule has 0 amide bonds. The predicted octanol–water partition coefficient (Wildman–Crippen LogP) is 3.61. The van der Waals surface area contributed by atoms with Crippen molar-refractivity contribution in [3.05, 3.63) is 65.4 Å². The van der Waals surface area contributed by atoms with Crippen LogP contribution >= 0.6 is 0 Å². The summed E-state index contributed by atoms with van der Waals surface area (Å²) in [4.78, 5) is 8.63. The number of hydrogen-bond donors (Lipinski definition) is 1. The van der Waals surface area contributed by atoms with Crippen LogP contribution in [0.4, 0.5) is 5.82 Å². The summed E-state index contributed by atoms with van der Waals surface area (Å²) in [6.07, 6.45) is 4.90. The molecule has 2 N–H and O–H groups in total. The normalized spacial score (nSPS) is 14.8. The maximum absolute atomic E-state index is 9.64. The number of rotatable bonds is 0. The van der Waals surface area contributed by atoms with E-state index >= 15 is 0 Å². The number of nitrogens with zero attached hydrogens (tertiary/aromatic N) is 6. The number of anilines is 1. The van der Waals surface area contributed by atoms with E-state index < -0.39 is 0 Å². The Morgan fingerprint density at radius 2 is 2.03 bits per heavy atom. The maximum Gasteiger partial charge on any atom is 0.166 e. The van der Waals surface area contributed by atoms with E-state index in [9.17, 15) is 5.26 Å². The molecule has 1 unspecified atom stereocenters. The van der Waals surface area contributed by atoms with Gasteiger partial charge >= 0.3 is 0 Å². The summed E-state index contributed by atoms with van der Waals surface area (Å²) < 4.78 is 10.1. The van der Waals surface area contributed by atoms with Gasteiger partial charge in [0.05, 0.1) is 30.5 Å². The first-order valence-corrected chi connectivity index (χ1v) is 9.96. The summed E-state index contributed by atoms with van der Waals surface area (Å²) in [7, 11) is 1.93. The summed E-state index contributed by atoms with van der Waals surface area (Å²) in [5.74, 6) is 0.771. The number of fused-ring (bicyclic) bond motifs is 7. The van der Waals surface area contributed by atoms with Crippen molar-refractivity contribution in [3.63, 3.8) is 0 Å². The molecule has 1 aliphatic rings. The molecule has 0 saturated carbocycles. The number of pyridine rings is 1. The molecule has 4 aromatic rings. The smallest absolute Gasteiger partial charge is 0.166 e. The van der Waals surface area contributed by atoms with Gasteiger partial charge in [0.1, 0.15) is 12.2 Å². The lowest BCUT2D eigenvalue weighted by atomic mass is 9.96. The van der Waals surface area contributed by atoms with Gasteiger partial charge in [0.2, 0.25) is 0 Å². The number of benzene rings is 1. The van der Waals surface area contributed by atoms with Crippen molar-refractivity contribution in [1.29, 1.82) is 5.26 Å². The van der Waals surface area contributed by atoms with Gasteiger partial charge in [-0.2, -0.15) is 10.4 Å². The Hall–Kier alpha value is -4.12. The first kappa shape index (κ1) is 18.9.